The smallest absolute Gasteiger partial charge is 0.338 e. The van der Waals surface area contributed by atoms with Gasteiger partial charge in [-0.3, -0.25) is 0 Å². The predicted octanol–water partition coefficient (Wildman–Crippen LogP) is 1.84. The minimum atomic E-state index is -0.318. The molecule has 0 unspecified atom stereocenters. The van der Waals surface area contributed by atoms with E-state index in [9.17, 15) is 4.79 Å². The van der Waals surface area contributed by atoms with E-state index < -0.39 is 0 Å². The number of hydrogen-bond acceptors (Lipinski definition) is 4. The summed E-state index contributed by atoms with van der Waals surface area (Å²) in [6, 6.07) is 4.90. The molecule has 0 amide bonds. The van der Waals surface area contributed by atoms with Gasteiger partial charge < -0.3 is 15.2 Å². The van der Waals surface area contributed by atoms with Crippen LogP contribution < -0.4 is 10.5 Å². The van der Waals surface area contributed by atoms with Gasteiger partial charge in [0.2, 0.25) is 0 Å². The molecule has 0 spiro atoms. The van der Waals surface area contributed by atoms with Crippen molar-refractivity contribution in [1.29, 1.82) is 0 Å². The van der Waals surface area contributed by atoms with Gasteiger partial charge in [0.1, 0.15) is 5.75 Å². The van der Waals surface area contributed by atoms with Crippen molar-refractivity contribution in [2.75, 3.05) is 19.5 Å². The average Bonchev–Trinajstić information content (AvgIpc) is 3.09. The van der Waals surface area contributed by atoms with E-state index in [1.807, 2.05) is 0 Å². The molecule has 1 aliphatic carbocycles. The van der Waals surface area contributed by atoms with E-state index in [4.69, 9.17) is 15.2 Å². The zero-order chi connectivity index (χ0) is 11.5. The lowest BCUT2D eigenvalue weighted by Crippen LogP contribution is -2.08. The molecule has 0 aliphatic heterocycles. The monoisotopic (exact) mass is 221 g/mol. The van der Waals surface area contributed by atoms with Crippen LogP contribution in [0.3, 0.4) is 0 Å². The van der Waals surface area contributed by atoms with Crippen molar-refractivity contribution in [2.24, 2.45) is 5.92 Å². The second-order valence-corrected chi connectivity index (χ2v) is 4.00. The molecule has 0 radical (unpaired) electrons. The van der Waals surface area contributed by atoms with E-state index in [2.05, 4.69) is 0 Å². The molecule has 1 aliphatic rings. The molecule has 0 heterocycles. The third kappa shape index (κ3) is 2.45. The molecule has 0 aromatic heterocycles. The van der Waals surface area contributed by atoms with E-state index in [-0.39, 0.29) is 5.97 Å². The fraction of sp³-hybridized carbons (Fsp3) is 0.417. The maximum atomic E-state index is 11.6. The standard InChI is InChI=1S/C12H15NO3/c1-15-11-5-4-9(6-10(11)13)12(14)16-7-8-2-3-8/h4-6,8H,2-3,7,13H2,1H3. The van der Waals surface area contributed by atoms with Gasteiger partial charge in [-0.25, -0.2) is 4.79 Å². The summed E-state index contributed by atoms with van der Waals surface area (Å²) in [5, 5.41) is 0. The number of hydrogen-bond donors (Lipinski definition) is 1. The summed E-state index contributed by atoms with van der Waals surface area (Å²) in [6.45, 7) is 0.519. The van der Waals surface area contributed by atoms with Crippen LogP contribution in [-0.2, 0) is 4.74 Å². The minimum absolute atomic E-state index is 0.318. The molecule has 1 aromatic rings. The maximum absolute atomic E-state index is 11.6. The Balaban J connectivity index is 2.01. The lowest BCUT2D eigenvalue weighted by molar-refractivity contribution is 0.0486. The lowest BCUT2D eigenvalue weighted by Gasteiger charge is -2.07. The van der Waals surface area contributed by atoms with Crippen LogP contribution in [0.25, 0.3) is 0 Å². The molecule has 1 saturated carbocycles. The Hall–Kier alpha value is -1.71. The van der Waals surface area contributed by atoms with Crippen LogP contribution in [0.1, 0.15) is 23.2 Å². The van der Waals surface area contributed by atoms with Crippen molar-refractivity contribution >= 4 is 11.7 Å². The summed E-state index contributed by atoms with van der Waals surface area (Å²) in [6.07, 6.45) is 2.33. The number of anilines is 1. The summed E-state index contributed by atoms with van der Waals surface area (Å²) < 4.78 is 10.2. The molecule has 86 valence electrons. The predicted molar refractivity (Wildman–Crippen MR) is 60.4 cm³/mol. The minimum Gasteiger partial charge on any atom is -0.495 e. The third-order valence-corrected chi connectivity index (χ3v) is 2.61. The summed E-state index contributed by atoms with van der Waals surface area (Å²) in [4.78, 5) is 11.6. The molecule has 0 atom stereocenters. The number of benzene rings is 1. The summed E-state index contributed by atoms with van der Waals surface area (Å²) in [5.41, 5.74) is 6.62. The Morgan fingerprint density at radius 2 is 2.25 bits per heavy atom. The highest BCUT2D eigenvalue weighted by Crippen LogP contribution is 2.29. The first-order valence-corrected chi connectivity index (χ1v) is 5.31. The lowest BCUT2D eigenvalue weighted by atomic mass is 10.2. The van der Waals surface area contributed by atoms with Crippen LogP contribution in [0.4, 0.5) is 5.69 Å². The van der Waals surface area contributed by atoms with Crippen molar-refractivity contribution in [3.05, 3.63) is 23.8 Å². The third-order valence-electron chi connectivity index (χ3n) is 2.61. The number of ether oxygens (including phenoxy) is 2. The molecular weight excluding hydrogens is 206 g/mol. The van der Waals surface area contributed by atoms with E-state index in [1.165, 1.54) is 7.11 Å². The van der Waals surface area contributed by atoms with E-state index in [0.29, 0.717) is 29.5 Å². The molecule has 2 N–H and O–H groups in total. The topological polar surface area (TPSA) is 61.5 Å². The molecular formula is C12H15NO3. The Bertz CT molecular complexity index is 399. The van der Waals surface area contributed by atoms with Gasteiger partial charge in [-0.05, 0) is 37.0 Å². The average molecular weight is 221 g/mol. The zero-order valence-corrected chi connectivity index (χ0v) is 9.23. The SMILES string of the molecule is COc1ccc(C(=O)OCC2CC2)cc1N. The van der Waals surface area contributed by atoms with Crippen LogP contribution in [0, 0.1) is 5.92 Å². The quantitative estimate of drug-likeness (QED) is 0.622. The van der Waals surface area contributed by atoms with E-state index in [0.717, 1.165) is 12.8 Å². The van der Waals surface area contributed by atoms with Gasteiger partial charge in [-0.1, -0.05) is 0 Å². The van der Waals surface area contributed by atoms with E-state index in [1.54, 1.807) is 18.2 Å². The summed E-state index contributed by atoms with van der Waals surface area (Å²) >= 11 is 0. The fourth-order valence-corrected chi connectivity index (χ4v) is 1.42. The molecule has 2 rings (SSSR count). The first kappa shape index (κ1) is 10.8. The maximum Gasteiger partial charge on any atom is 0.338 e. The number of nitrogens with two attached hydrogens (primary N) is 1. The normalized spacial score (nSPS) is 14.6. The number of carbonyl (C=O) groups excluding carboxylic acids is 1. The van der Waals surface area contributed by atoms with Crippen LogP contribution in [0.5, 0.6) is 5.75 Å². The molecule has 0 saturated heterocycles. The van der Waals surface area contributed by atoms with Gasteiger partial charge >= 0.3 is 5.97 Å². The van der Waals surface area contributed by atoms with Crippen LogP contribution >= 0.6 is 0 Å². The van der Waals surface area contributed by atoms with Crippen molar-refractivity contribution in [1.82, 2.24) is 0 Å². The number of methoxy groups -OCH3 is 1. The summed E-state index contributed by atoms with van der Waals surface area (Å²) in [5.74, 6) is 0.819. The highest BCUT2D eigenvalue weighted by atomic mass is 16.5. The molecule has 4 nitrogen and oxygen atoms in total. The Morgan fingerprint density at radius 3 is 2.81 bits per heavy atom. The molecule has 4 heteroatoms. The van der Waals surface area contributed by atoms with Gasteiger partial charge in [-0.15, -0.1) is 0 Å². The van der Waals surface area contributed by atoms with Crippen molar-refractivity contribution in [3.63, 3.8) is 0 Å². The fourth-order valence-electron chi connectivity index (χ4n) is 1.42. The Morgan fingerprint density at radius 1 is 1.50 bits per heavy atom. The van der Waals surface area contributed by atoms with Crippen molar-refractivity contribution < 1.29 is 14.3 Å². The number of esters is 1. The Kier molecular flexibility index (Phi) is 2.99. The Labute approximate surface area is 94.3 Å². The molecule has 0 bridgehead atoms. The first-order valence-electron chi connectivity index (χ1n) is 5.31. The first-order chi connectivity index (χ1) is 7.70. The van der Waals surface area contributed by atoms with Gasteiger partial charge in [0.25, 0.3) is 0 Å². The number of carbonyl (C=O) groups is 1. The molecule has 1 fully saturated rings. The molecule has 1 aromatic carbocycles. The van der Waals surface area contributed by atoms with Gasteiger partial charge in [0, 0.05) is 0 Å². The van der Waals surface area contributed by atoms with Crippen molar-refractivity contribution in [2.45, 2.75) is 12.8 Å². The van der Waals surface area contributed by atoms with Gasteiger partial charge in [0.05, 0.1) is 25.0 Å². The van der Waals surface area contributed by atoms with Gasteiger partial charge in [-0.2, -0.15) is 0 Å². The van der Waals surface area contributed by atoms with E-state index >= 15 is 0 Å². The second-order valence-electron chi connectivity index (χ2n) is 4.00. The van der Waals surface area contributed by atoms with Crippen LogP contribution in [0.2, 0.25) is 0 Å². The number of rotatable bonds is 4. The largest absolute Gasteiger partial charge is 0.495 e. The highest BCUT2D eigenvalue weighted by Gasteiger charge is 2.23. The highest BCUT2D eigenvalue weighted by molar-refractivity contribution is 5.91. The van der Waals surface area contributed by atoms with Gasteiger partial charge in [0.15, 0.2) is 0 Å². The van der Waals surface area contributed by atoms with Crippen molar-refractivity contribution in [3.8, 4) is 5.75 Å². The zero-order valence-electron chi connectivity index (χ0n) is 9.23. The van der Waals surface area contributed by atoms with Crippen LogP contribution in [-0.4, -0.2) is 19.7 Å². The second kappa shape index (κ2) is 4.43. The summed E-state index contributed by atoms with van der Waals surface area (Å²) in [7, 11) is 1.54. The number of nitrogen functional groups attached to an aromatic ring is 1. The molecule has 16 heavy (non-hydrogen) atoms. The van der Waals surface area contributed by atoms with Crippen LogP contribution in [0.15, 0.2) is 18.2 Å².